The summed E-state index contributed by atoms with van der Waals surface area (Å²) in [6.07, 6.45) is 0.250. The van der Waals surface area contributed by atoms with Crippen molar-refractivity contribution in [2.45, 2.75) is 0 Å². The lowest BCUT2D eigenvalue weighted by Crippen LogP contribution is -2.11. The largest absolute Gasteiger partial charge is 0.480 e. The first-order chi connectivity index (χ1) is 6.20. The summed E-state index contributed by atoms with van der Waals surface area (Å²) in [5.41, 5.74) is 4.17. The molecule has 5 nitrogen and oxygen atoms in total. The van der Waals surface area contributed by atoms with Crippen LogP contribution < -0.4 is 11.1 Å². The Hall–Kier alpha value is -1.56. The van der Waals surface area contributed by atoms with Crippen LogP contribution in [0.25, 0.3) is 0 Å². The fourth-order valence-corrected chi connectivity index (χ4v) is 1.16. The van der Waals surface area contributed by atoms with Crippen molar-refractivity contribution in [1.82, 2.24) is 0 Å². The van der Waals surface area contributed by atoms with Gasteiger partial charge in [-0.05, 0) is 17.5 Å². The van der Waals surface area contributed by atoms with Crippen LogP contribution >= 0.6 is 11.3 Å². The summed E-state index contributed by atoms with van der Waals surface area (Å²) in [5.74, 6) is -0.839. The zero-order valence-corrected chi connectivity index (χ0v) is 7.58. The molecule has 0 aliphatic rings. The van der Waals surface area contributed by atoms with Gasteiger partial charge in [-0.3, -0.25) is 9.59 Å². The second kappa shape index (κ2) is 7.11. The van der Waals surface area contributed by atoms with Crippen molar-refractivity contribution in [2.75, 3.05) is 11.9 Å². The molecule has 0 atom stereocenters. The molecule has 0 spiro atoms. The number of hydrogen-bond acceptors (Lipinski definition) is 4. The van der Waals surface area contributed by atoms with Crippen LogP contribution in [0.15, 0.2) is 17.5 Å². The number of carboxylic acids is 1. The number of nitrogens with one attached hydrogen (secondary N) is 1. The highest BCUT2D eigenvalue weighted by Gasteiger charge is 1.95. The van der Waals surface area contributed by atoms with Crippen molar-refractivity contribution in [3.8, 4) is 0 Å². The van der Waals surface area contributed by atoms with Gasteiger partial charge in [0.15, 0.2) is 0 Å². The van der Waals surface area contributed by atoms with E-state index >= 15 is 0 Å². The van der Waals surface area contributed by atoms with Crippen molar-refractivity contribution in [1.29, 1.82) is 0 Å². The van der Waals surface area contributed by atoms with Crippen molar-refractivity contribution < 1.29 is 14.7 Å². The highest BCUT2D eigenvalue weighted by Crippen LogP contribution is 2.13. The van der Waals surface area contributed by atoms with Crippen LogP contribution in [0.3, 0.4) is 0 Å². The number of amides is 1. The van der Waals surface area contributed by atoms with Crippen LogP contribution in [-0.4, -0.2) is 24.0 Å². The first-order valence-electron chi connectivity index (χ1n) is 3.35. The number of aliphatic carboxylic acids is 1. The monoisotopic (exact) mass is 202 g/mol. The molecule has 72 valence electrons. The molecule has 0 aromatic carbocycles. The van der Waals surface area contributed by atoms with E-state index in [-0.39, 0.29) is 13.0 Å². The molecule has 1 aromatic heterocycles. The topological polar surface area (TPSA) is 92.4 Å². The highest BCUT2D eigenvalue weighted by atomic mass is 32.1. The van der Waals surface area contributed by atoms with Crippen LogP contribution in [-0.2, 0) is 9.59 Å². The van der Waals surface area contributed by atoms with Gasteiger partial charge in [-0.25, -0.2) is 0 Å². The third kappa shape index (κ3) is 6.82. The highest BCUT2D eigenvalue weighted by molar-refractivity contribution is 7.14. The molecule has 0 aliphatic heterocycles. The average Bonchev–Trinajstić information content (AvgIpc) is 2.54. The van der Waals surface area contributed by atoms with E-state index < -0.39 is 5.97 Å². The number of thiophene rings is 1. The molecule has 1 rings (SSSR count). The van der Waals surface area contributed by atoms with E-state index in [0.29, 0.717) is 0 Å². The molecule has 0 fully saturated rings. The standard InChI is InChI=1S/C6H7NO2S.CH3NO/c8-6(9)4-7-5-2-1-3-10-5;2-1-3/h1-3,7H,4H2,(H,8,9);1H,(H2,2,3). The molecule has 1 aromatic rings. The zero-order chi connectivity index (χ0) is 10.1. The van der Waals surface area contributed by atoms with Gasteiger partial charge in [0.1, 0.15) is 6.54 Å². The summed E-state index contributed by atoms with van der Waals surface area (Å²) in [6, 6.07) is 3.71. The lowest BCUT2D eigenvalue weighted by molar-refractivity contribution is -0.134. The number of primary amides is 1. The fourth-order valence-electron chi connectivity index (χ4n) is 0.542. The van der Waals surface area contributed by atoms with Gasteiger partial charge in [0.05, 0.1) is 5.00 Å². The zero-order valence-electron chi connectivity index (χ0n) is 6.77. The molecule has 13 heavy (non-hydrogen) atoms. The van der Waals surface area contributed by atoms with Gasteiger partial charge in [-0.1, -0.05) is 0 Å². The Morgan fingerprint density at radius 2 is 2.38 bits per heavy atom. The summed E-state index contributed by atoms with van der Waals surface area (Å²) in [7, 11) is 0. The van der Waals surface area contributed by atoms with E-state index in [0.717, 1.165) is 5.00 Å². The van der Waals surface area contributed by atoms with Gasteiger partial charge in [0.2, 0.25) is 6.41 Å². The van der Waals surface area contributed by atoms with Crippen LogP contribution in [0, 0.1) is 0 Å². The van der Waals surface area contributed by atoms with Crippen molar-refractivity contribution in [3.63, 3.8) is 0 Å². The second-order valence-corrected chi connectivity index (χ2v) is 2.81. The van der Waals surface area contributed by atoms with E-state index in [4.69, 9.17) is 9.90 Å². The van der Waals surface area contributed by atoms with Gasteiger partial charge in [-0.15, -0.1) is 11.3 Å². The first-order valence-corrected chi connectivity index (χ1v) is 4.23. The Bertz CT molecular complexity index is 248. The maximum atomic E-state index is 10.0. The number of nitrogens with two attached hydrogens (primary N) is 1. The summed E-state index contributed by atoms with van der Waals surface area (Å²) in [5, 5.41) is 13.8. The SMILES string of the molecule is NC=O.O=C(O)CNc1cccs1. The van der Waals surface area contributed by atoms with E-state index in [1.807, 2.05) is 17.5 Å². The molecule has 0 unspecified atom stereocenters. The fraction of sp³-hybridized carbons (Fsp3) is 0.143. The Kier molecular flexibility index (Phi) is 6.26. The Morgan fingerprint density at radius 1 is 1.77 bits per heavy atom. The van der Waals surface area contributed by atoms with Crippen LogP contribution in [0.5, 0.6) is 0 Å². The molecular weight excluding hydrogens is 192 g/mol. The number of anilines is 1. The van der Waals surface area contributed by atoms with Crippen LogP contribution in [0.2, 0.25) is 0 Å². The Labute approximate surface area is 79.2 Å². The minimum atomic E-state index is -0.839. The predicted octanol–water partition coefficient (Wildman–Crippen LogP) is 0.346. The molecular formula is C7H10N2O3S. The molecule has 0 saturated heterocycles. The maximum absolute atomic E-state index is 10.0. The summed E-state index contributed by atoms with van der Waals surface area (Å²) in [6.45, 7) is -0.0134. The van der Waals surface area contributed by atoms with Crippen LogP contribution in [0.4, 0.5) is 5.00 Å². The number of hydrogen-bond donors (Lipinski definition) is 3. The number of rotatable bonds is 3. The number of carbonyl (C=O) groups excluding carboxylic acids is 1. The number of carboxylic acid groups (broad SMARTS) is 1. The molecule has 1 heterocycles. The lowest BCUT2D eigenvalue weighted by atomic mass is 10.6. The van der Waals surface area contributed by atoms with Gasteiger partial charge in [0, 0.05) is 0 Å². The van der Waals surface area contributed by atoms with E-state index in [9.17, 15) is 4.79 Å². The lowest BCUT2D eigenvalue weighted by Gasteiger charge is -1.95. The third-order valence-corrected chi connectivity index (χ3v) is 1.76. The molecule has 0 saturated carbocycles. The smallest absolute Gasteiger partial charge is 0.322 e. The number of carbonyl (C=O) groups is 2. The van der Waals surface area contributed by atoms with Gasteiger partial charge in [0.25, 0.3) is 0 Å². The van der Waals surface area contributed by atoms with Crippen molar-refractivity contribution >= 4 is 28.7 Å². The third-order valence-electron chi connectivity index (χ3n) is 0.935. The van der Waals surface area contributed by atoms with Crippen LogP contribution in [0.1, 0.15) is 0 Å². The normalized spacial score (nSPS) is 8.00. The second-order valence-electron chi connectivity index (χ2n) is 1.86. The van der Waals surface area contributed by atoms with Gasteiger partial charge >= 0.3 is 5.97 Å². The van der Waals surface area contributed by atoms with E-state index in [1.165, 1.54) is 11.3 Å². The maximum Gasteiger partial charge on any atom is 0.322 e. The molecule has 4 N–H and O–H groups in total. The summed E-state index contributed by atoms with van der Waals surface area (Å²) >= 11 is 1.49. The molecule has 1 amide bonds. The Balaban J connectivity index is 0.000000424. The Morgan fingerprint density at radius 3 is 2.77 bits per heavy atom. The minimum absolute atomic E-state index is 0.0134. The molecule has 0 aliphatic carbocycles. The first kappa shape index (κ1) is 11.4. The van der Waals surface area contributed by atoms with Crippen molar-refractivity contribution in [2.24, 2.45) is 5.73 Å². The molecule has 0 bridgehead atoms. The quantitative estimate of drug-likeness (QED) is 0.616. The van der Waals surface area contributed by atoms with E-state index in [1.54, 1.807) is 0 Å². The van der Waals surface area contributed by atoms with Gasteiger partial charge < -0.3 is 16.2 Å². The summed E-state index contributed by atoms with van der Waals surface area (Å²) in [4.78, 5) is 18.6. The average molecular weight is 202 g/mol. The minimum Gasteiger partial charge on any atom is -0.480 e. The van der Waals surface area contributed by atoms with Gasteiger partial charge in [-0.2, -0.15) is 0 Å². The van der Waals surface area contributed by atoms with E-state index in [2.05, 4.69) is 11.1 Å². The molecule has 0 radical (unpaired) electrons. The molecule has 6 heteroatoms. The van der Waals surface area contributed by atoms with Crippen molar-refractivity contribution in [3.05, 3.63) is 17.5 Å². The summed E-state index contributed by atoms with van der Waals surface area (Å²) < 4.78 is 0. The predicted molar refractivity (Wildman–Crippen MR) is 50.7 cm³/mol.